The van der Waals surface area contributed by atoms with Crippen molar-refractivity contribution in [2.75, 3.05) is 12.1 Å². The van der Waals surface area contributed by atoms with E-state index in [1.54, 1.807) is 18.2 Å². The molecule has 5 heteroatoms. The van der Waals surface area contributed by atoms with Crippen LogP contribution in [0.2, 0.25) is 0 Å². The first-order valence-corrected chi connectivity index (χ1v) is 5.88. The Hall–Kier alpha value is -2.17. The summed E-state index contributed by atoms with van der Waals surface area (Å²) in [6.07, 6.45) is 2.91. The monoisotopic (exact) mass is 262 g/mol. The van der Waals surface area contributed by atoms with E-state index in [2.05, 4.69) is 10.0 Å². The minimum atomic E-state index is -0.448. The Bertz CT molecular complexity index is 490. The van der Waals surface area contributed by atoms with Crippen molar-refractivity contribution in [1.82, 2.24) is 0 Å². The Morgan fingerprint density at radius 3 is 2.47 bits per heavy atom. The average Bonchev–Trinajstić information content (AvgIpc) is 2.36. The van der Waals surface area contributed by atoms with E-state index in [-0.39, 0.29) is 0 Å². The van der Waals surface area contributed by atoms with Gasteiger partial charge in [-0.25, -0.2) is 9.80 Å². The van der Waals surface area contributed by atoms with Gasteiger partial charge in [-0.05, 0) is 32.9 Å². The maximum absolute atomic E-state index is 11.1. The van der Waals surface area contributed by atoms with Crippen LogP contribution in [-0.2, 0) is 9.53 Å². The molecule has 0 saturated heterocycles. The number of methoxy groups -OCH3 is 1. The van der Waals surface area contributed by atoms with Crippen molar-refractivity contribution >= 4 is 17.7 Å². The predicted molar refractivity (Wildman–Crippen MR) is 75.5 cm³/mol. The van der Waals surface area contributed by atoms with Gasteiger partial charge >= 0.3 is 5.97 Å². The molecule has 0 saturated carbocycles. The van der Waals surface area contributed by atoms with E-state index in [1.807, 2.05) is 32.9 Å². The van der Waals surface area contributed by atoms with Gasteiger partial charge in [0.05, 0.1) is 23.6 Å². The second-order valence-corrected chi connectivity index (χ2v) is 4.98. The van der Waals surface area contributed by atoms with Gasteiger partial charge in [0, 0.05) is 11.6 Å². The summed E-state index contributed by atoms with van der Waals surface area (Å²) >= 11 is 0. The topological polar surface area (TPSA) is 59.0 Å². The molecule has 0 heterocycles. The number of nitrogens with zero attached hydrogens (tertiary/aromatic N) is 2. The number of rotatable bonds is 4. The van der Waals surface area contributed by atoms with Gasteiger partial charge in [0.25, 0.3) is 0 Å². The standard InChI is InChI=1S/C14H18N2O3/c1-14(2,3)16(15-18)12-8-6-5-7-11(12)9-10-13(17)19-4/h5-10H,1-4H3/b10-9+. The third-order valence-electron chi connectivity index (χ3n) is 2.48. The molecule has 0 aliphatic carbocycles. The van der Waals surface area contributed by atoms with Gasteiger partial charge < -0.3 is 4.74 Å². The molecule has 1 aromatic carbocycles. The molecule has 0 amide bonds. The zero-order valence-electron chi connectivity index (χ0n) is 11.6. The normalized spacial score (nSPS) is 11.4. The lowest BCUT2D eigenvalue weighted by atomic mass is 10.0. The first-order chi connectivity index (χ1) is 8.90. The van der Waals surface area contributed by atoms with Gasteiger partial charge in [-0.2, -0.15) is 0 Å². The van der Waals surface area contributed by atoms with Crippen LogP contribution in [-0.4, -0.2) is 18.6 Å². The lowest BCUT2D eigenvalue weighted by Gasteiger charge is -2.30. The summed E-state index contributed by atoms with van der Waals surface area (Å²) < 4.78 is 4.54. The van der Waals surface area contributed by atoms with Crippen LogP contribution in [0.4, 0.5) is 5.69 Å². The van der Waals surface area contributed by atoms with E-state index < -0.39 is 11.5 Å². The lowest BCUT2D eigenvalue weighted by molar-refractivity contribution is -0.134. The Kier molecular flexibility index (Phi) is 4.80. The van der Waals surface area contributed by atoms with Crippen LogP contribution in [0.1, 0.15) is 26.3 Å². The number of ether oxygens (including phenoxy) is 1. The van der Waals surface area contributed by atoms with Crippen LogP contribution in [0.25, 0.3) is 6.08 Å². The van der Waals surface area contributed by atoms with Crippen LogP contribution in [0.3, 0.4) is 0 Å². The summed E-state index contributed by atoms with van der Waals surface area (Å²) in [5, 5.41) is 4.45. The summed E-state index contributed by atoms with van der Waals surface area (Å²) in [6, 6.07) is 7.23. The number of carbonyl (C=O) groups is 1. The Morgan fingerprint density at radius 1 is 1.32 bits per heavy atom. The molecule has 0 aromatic heterocycles. The molecular weight excluding hydrogens is 244 g/mol. The summed E-state index contributed by atoms with van der Waals surface area (Å²) in [4.78, 5) is 22.2. The molecule has 0 radical (unpaired) electrons. The minimum Gasteiger partial charge on any atom is -0.466 e. The largest absolute Gasteiger partial charge is 0.466 e. The molecule has 0 unspecified atom stereocenters. The molecule has 0 bridgehead atoms. The highest BCUT2D eigenvalue weighted by Gasteiger charge is 2.24. The van der Waals surface area contributed by atoms with Crippen LogP contribution >= 0.6 is 0 Å². The van der Waals surface area contributed by atoms with E-state index in [9.17, 15) is 9.70 Å². The van der Waals surface area contributed by atoms with E-state index >= 15 is 0 Å². The maximum Gasteiger partial charge on any atom is 0.330 e. The molecular formula is C14H18N2O3. The van der Waals surface area contributed by atoms with Crippen LogP contribution in [0, 0.1) is 4.91 Å². The fraction of sp³-hybridized carbons (Fsp3) is 0.357. The van der Waals surface area contributed by atoms with E-state index in [0.29, 0.717) is 5.69 Å². The average molecular weight is 262 g/mol. The molecule has 1 aromatic rings. The SMILES string of the molecule is COC(=O)/C=C/c1ccccc1N(N=O)C(C)(C)C. The first kappa shape index (κ1) is 14.9. The zero-order valence-corrected chi connectivity index (χ0v) is 11.6. The summed E-state index contributed by atoms with van der Waals surface area (Å²) in [5.74, 6) is -0.448. The number of anilines is 1. The van der Waals surface area contributed by atoms with Crippen molar-refractivity contribution < 1.29 is 9.53 Å². The number of hydrogen-bond donors (Lipinski definition) is 0. The number of benzene rings is 1. The third-order valence-corrected chi connectivity index (χ3v) is 2.48. The number of para-hydroxylation sites is 1. The Morgan fingerprint density at radius 2 is 1.95 bits per heavy atom. The predicted octanol–water partition coefficient (Wildman–Crippen LogP) is 3.16. The van der Waals surface area contributed by atoms with Gasteiger partial charge in [-0.1, -0.05) is 18.2 Å². The van der Waals surface area contributed by atoms with Crippen molar-refractivity contribution in [1.29, 1.82) is 0 Å². The summed E-state index contributed by atoms with van der Waals surface area (Å²) in [6.45, 7) is 5.65. The van der Waals surface area contributed by atoms with Crippen molar-refractivity contribution in [3.63, 3.8) is 0 Å². The zero-order chi connectivity index (χ0) is 14.5. The van der Waals surface area contributed by atoms with Crippen molar-refractivity contribution in [2.24, 2.45) is 5.29 Å². The molecule has 5 nitrogen and oxygen atoms in total. The Balaban J connectivity index is 3.18. The van der Waals surface area contributed by atoms with Crippen LogP contribution < -0.4 is 5.01 Å². The number of hydrogen-bond acceptors (Lipinski definition) is 4. The van der Waals surface area contributed by atoms with Gasteiger partial charge in [0.2, 0.25) is 0 Å². The first-order valence-electron chi connectivity index (χ1n) is 5.88. The van der Waals surface area contributed by atoms with Crippen LogP contribution in [0.15, 0.2) is 35.6 Å². The second-order valence-electron chi connectivity index (χ2n) is 4.98. The third kappa shape index (κ3) is 3.91. The minimum absolute atomic E-state index is 0.447. The number of nitroso groups, excluding NO2 is 1. The quantitative estimate of drug-likeness (QED) is 0.362. The maximum atomic E-state index is 11.1. The van der Waals surface area contributed by atoms with Crippen molar-refractivity contribution in [3.8, 4) is 0 Å². The summed E-state index contributed by atoms with van der Waals surface area (Å²) in [5.41, 5.74) is 0.921. The molecule has 0 aliphatic heterocycles. The molecule has 0 aliphatic rings. The van der Waals surface area contributed by atoms with E-state index in [4.69, 9.17) is 0 Å². The lowest BCUT2D eigenvalue weighted by Crippen LogP contribution is -2.37. The van der Waals surface area contributed by atoms with Gasteiger partial charge in [-0.15, -0.1) is 4.91 Å². The second kappa shape index (κ2) is 6.13. The molecule has 0 spiro atoms. The molecule has 102 valence electrons. The van der Waals surface area contributed by atoms with E-state index in [1.165, 1.54) is 18.2 Å². The molecule has 0 fully saturated rings. The molecule has 19 heavy (non-hydrogen) atoms. The van der Waals surface area contributed by atoms with E-state index in [0.717, 1.165) is 5.56 Å². The molecule has 0 N–H and O–H groups in total. The highest BCUT2D eigenvalue weighted by molar-refractivity contribution is 5.88. The smallest absolute Gasteiger partial charge is 0.330 e. The summed E-state index contributed by atoms with van der Waals surface area (Å²) in [7, 11) is 1.31. The molecule has 1 rings (SSSR count). The van der Waals surface area contributed by atoms with Crippen LogP contribution in [0.5, 0.6) is 0 Å². The molecule has 0 atom stereocenters. The Labute approximate surface area is 112 Å². The van der Waals surface area contributed by atoms with Crippen molar-refractivity contribution in [3.05, 3.63) is 40.8 Å². The highest BCUT2D eigenvalue weighted by Crippen LogP contribution is 2.28. The van der Waals surface area contributed by atoms with Crippen molar-refractivity contribution in [2.45, 2.75) is 26.3 Å². The number of carbonyl (C=O) groups excluding carboxylic acids is 1. The number of esters is 1. The fourth-order valence-electron chi connectivity index (χ4n) is 1.58. The van der Waals surface area contributed by atoms with Gasteiger partial charge in [0.1, 0.15) is 0 Å². The fourth-order valence-corrected chi connectivity index (χ4v) is 1.58. The van der Waals surface area contributed by atoms with Gasteiger partial charge in [0.15, 0.2) is 0 Å². The van der Waals surface area contributed by atoms with Gasteiger partial charge in [-0.3, -0.25) is 0 Å². The highest BCUT2D eigenvalue weighted by atomic mass is 16.5.